The van der Waals surface area contributed by atoms with Crippen LogP contribution < -0.4 is 5.32 Å². The van der Waals surface area contributed by atoms with Gasteiger partial charge in [0.1, 0.15) is 0 Å². The van der Waals surface area contributed by atoms with Crippen molar-refractivity contribution < 1.29 is 9.53 Å². The Morgan fingerprint density at radius 1 is 1.47 bits per heavy atom. The van der Waals surface area contributed by atoms with Crippen molar-refractivity contribution in [1.29, 1.82) is 5.26 Å². The minimum absolute atomic E-state index is 0.0656. The maximum atomic E-state index is 12.0. The fourth-order valence-electron chi connectivity index (χ4n) is 2.04. The smallest absolute Gasteiger partial charge is 0.317 e. The highest BCUT2D eigenvalue weighted by atomic mass is 16.5. The molecule has 0 aromatic carbocycles. The molecule has 0 aromatic rings. The highest BCUT2D eigenvalue weighted by molar-refractivity contribution is 5.74. The number of methoxy groups -OCH3 is 1. The molecule has 1 aliphatic carbocycles. The number of nitriles is 1. The fourth-order valence-corrected chi connectivity index (χ4v) is 2.04. The van der Waals surface area contributed by atoms with Crippen molar-refractivity contribution >= 4 is 6.03 Å². The molecule has 96 valence electrons. The van der Waals surface area contributed by atoms with Crippen LogP contribution in [0.4, 0.5) is 4.79 Å². The fraction of sp³-hybridized carbons (Fsp3) is 0.833. The van der Waals surface area contributed by atoms with Crippen molar-refractivity contribution in [3.05, 3.63) is 0 Å². The molecule has 0 aromatic heterocycles. The molecule has 0 unspecified atom stereocenters. The second kappa shape index (κ2) is 7.91. The van der Waals surface area contributed by atoms with Crippen molar-refractivity contribution in [3.8, 4) is 6.07 Å². The van der Waals surface area contributed by atoms with Crippen LogP contribution in [0.5, 0.6) is 0 Å². The summed E-state index contributed by atoms with van der Waals surface area (Å²) in [6.45, 7) is 1.51. The molecule has 1 saturated carbocycles. The van der Waals surface area contributed by atoms with Crippen molar-refractivity contribution in [2.24, 2.45) is 0 Å². The first-order valence-corrected chi connectivity index (χ1v) is 6.19. The first kappa shape index (κ1) is 13.8. The van der Waals surface area contributed by atoms with Gasteiger partial charge in [-0.15, -0.1) is 0 Å². The highest BCUT2D eigenvalue weighted by Crippen LogP contribution is 2.17. The molecular formula is C12H21N3O2. The number of nitrogens with zero attached hydrogens (tertiary/aromatic N) is 2. The zero-order valence-electron chi connectivity index (χ0n) is 10.4. The number of ether oxygens (including phenoxy) is 1. The minimum Gasteiger partial charge on any atom is -0.383 e. The van der Waals surface area contributed by atoms with E-state index in [4.69, 9.17) is 10.00 Å². The van der Waals surface area contributed by atoms with Gasteiger partial charge >= 0.3 is 6.03 Å². The van der Waals surface area contributed by atoms with Gasteiger partial charge in [-0.2, -0.15) is 5.26 Å². The summed E-state index contributed by atoms with van der Waals surface area (Å²) in [6.07, 6.45) is 4.90. The number of nitrogens with one attached hydrogen (secondary N) is 1. The number of urea groups is 1. The molecule has 0 aliphatic heterocycles. The molecule has 1 rings (SSSR count). The first-order chi connectivity index (χ1) is 8.27. The Hall–Kier alpha value is -1.28. The predicted octanol–water partition coefficient (Wildman–Crippen LogP) is 1.50. The van der Waals surface area contributed by atoms with E-state index in [1.54, 1.807) is 12.0 Å². The van der Waals surface area contributed by atoms with E-state index in [9.17, 15) is 4.79 Å². The van der Waals surface area contributed by atoms with Gasteiger partial charge in [0.25, 0.3) is 0 Å². The average molecular weight is 239 g/mol. The molecule has 5 nitrogen and oxygen atoms in total. The molecule has 1 fully saturated rings. The molecule has 17 heavy (non-hydrogen) atoms. The Bertz CT molecular complexity index is 269. The van der Waals surface area contributed by atoms with Gasteiger partial charge in [0.15, 0.2) is 0 Å². The van der Waals surface area contributed by atoms with Crippen LogP contribution in [0, 0.1) is 11.3 Å². The summed E-state index contributed by atoms with van der Waals surface area (Å²) >= 11 is 0. The number of carbonyl (C=O) groups is 1. The van der Waals surface area contributed by atoms with E-state index in [0.717, 1.165) is 12.8 Å². The third kappa shape index (κ3) is 5.05. The Labute approximate surface area is 103 Å². The lowest BCUT2D eigenvalue weighted by atomic mass is 10.2. The van der Waals surface area contributed by atoms with Crippen molar-refractivity contribution in [2.45, 2.75) is 38.1 Å². The molecule has 2 amide bonds. The number of amides is 2. The number of carbonyl (C=O) groups excluding carboxylic acids is 1. The van der Waals surface area contributed by atoms with Crippen molar-refractivity contribution in [3.63, 3.8) is 0 Å². The lowest BCUT2D eigenvalue weighted by Crippen LogP contribution is -2.45. The molecule has 0 spiro atoms. The average Bonchev–Trinajstić information content (AvgIpc) is 2.82. The van der Waals surface area contributed by atoms with E-state index in [-0.39, 0.29) is 6.03 Å². The summed E-state index contributed by atoms with van der Waals surface area (Å²) in [7, 11) is 1.61. The molecule has 1 N–H and O–H groups in total. The van der Waals surface area contributed by atoms with E-state index >= 15 is 0 Å². The van der Waals surface area contributed by atoms with Gasteiger partial charge in [0.2, 0.25) is 0 Å². The van der Waals surface area contributed by atoms with Crippen molar-refractivity contribution in [1.82, 2.24) is 10.2 Å². The summed E-state index contributed by atoms with van der Waals surface area (Å²) in [5.41, 5.74) is 0. The van der Waals surface area contributed by atoms with Gasteiger partial charge in [-0.3, -0.25) is 0 Å². The number of hydrogen-bond donors (Lipinski definition) is 1. The normalized spacial score (nSPS) is 15.5. The third-order valence-corrected chi connectivity index (χ3v) is 3.03. The van der Waals surface area contributed by atoms with Crippen LogP contribution in [0.2, 0.25) is 0 Å². The summed E-state index contributed by atoms with van der Waals surface area (Å²) in [4.78, 5) is 13.6. The van der Waals surface area contributed by atoms with Gasteiger partial charge < -0.3 is 15.0 Å². The second-order valence-electron chi connectivity index (χ2n) is 4.32. The van der Waals surface area contributed by atoms with Gasteiger partial charge in [0, 0.05) is 26.2 Å². The summed E-state index contributed by atoms with van der Waals surface area (Å²) < 4.78 is 4.97. The standard InChI is InChI=1S/C12H21N3O2/c1-17-10-9-15(8-4-7-13)12(16)14-11-5-2-3-6-11/h11H,2-6,8-10H2,1H3,(H,14,16). The Balaban J connectivity index is 2.37. The monoisotopic (exact) mass is 239 g/mol. The van der Waals surface area contributed by atoms with Crippen LogP contribution >= 0.6 is 0 Å². The zero-order chi connectivity index (χ0) is 12.5. The SMILES string of the molecule is COCCN(CCC#N)C(=O)NC1CCCC1. The molecule has 0 heterocycles. The molecular weight excluding hydrogens is 218 g/mol. The van der Waals surface area contributed by atoms with Gasteiger partial charge in [-0.1, -0.05) is 12.8 Å². The van der Waals surface area contributed by atoms with Gasteiger partial charge in [-0.05, 0) is 12.8 Å². The summed E-state index contributed by atoms with van der Waals surface area (Å²) in [6, 6.07) is 2.31. The lowest BCUT2D eigenvalue weighted by molar-refractivity contribution is 0.148. The van der Waals surface area contributed by atoms with Crippen LogP contribution in [0.15, 0.2) is 0 Å². The summed E-state index contributed by atoms with van der Waals surface area (Å²) in [5, 5.41) is 11.6. The van der Waals surface area contributed by atoms with E-state index < -0.39 is 0 Å². The highest BCUT2D eigenvalue weighted by Gasteiger charge is 2.20. The van der Waals surface area contributed by atoms with E-state index in [0.29, 0.717) is 32.2 Å². The topological polar surface area (TPSA) is 65.4 Å². The van der Waals surface area contributed by atoms with Gasteiger partial charge in [0.05, 0.1) is 19.1 Å². The molecule has 0 radical (unpaired) electrons. The molecule has 0 saturated heterocycles. The van der Waals surface area contributed by atoms with E-state index in [2.05, 4.69) is 11.4 Å². The summed E-state index contributed by atoms with van der Waals surface area (Å²) in [5.74, 6) is 0. The van der Waals surface area contributed by atoms with Crippen molar-refractivity contribution in [2.75, 3.05) is 26.8 Å². The molecule has 0 atom stereocenters. The zero-order valence-corrected chi connectivity index (χ0v) is 10.4. The van der Waals surface area contributed by atoms with Gasteiger partial charge in [-0.25, -0.2) is 4.79 Å². The van der Waals surface area contributed by atoms with E-state index in [1.807, 2.05) is 0 Å². The number of hydrogen-bond acceptors (Lipinski definition) is 3. The lowest BCUT2D eigenvalue weighted by Gasteiger charge is -2.24. The second-order valence-corrected chi connectivity index (χ2v) is 4.32. The Kier molecular flexibility index (Phi) is 6.41. The maximum absolute atomic E-state index is 12.0. The van der Waals surface area contributed by atoms with E-state index in [1.165, 1.54) is 12.8 Å². The molecule has 1 aliphatic rings. The Morgan fingerprint density at radius 3 is 2.76 bits per heavy atom. The van der Waals surface area contributed by atoms with Crippen LogP contribution in [-0.2, 0) is 4.74 Å². The third-order valence-electron chi connectivity index (χ3n) is 3.03. The largest absolute Gasteiger partial charge is 0.383 e. The first-order valence-electron chi connectivity index (χ1n) is 6.19. The molecule has 0 bridgehead atoms. The molecule has 5 heteroatoms. The van der Waals surface area contributed by atoms with Crippen LogP contribution in [0.25, 0.3) is 0 Å². The van der Waals surface area contributed by atoms with Crippen LogP contribution in [-0.4, -0.2) is 43.8 Å². The number of rotatable bonds is 6. The maximum Gasteiger partial charge on any atom is 0.317 e. The predicted molar refractivity (Wildman–Crippen MR) is 64.5 cm³/mol. The minimum atomic E-state index is -0.0656. The van der Waals surface area contributed by atoms with Crippen LogP contribution in [0.1, 0.15) is 32.1 Å². The quantitative estimate of drug-likeness (QED) is 0.764. The van der Waals surface area contributed by atoms with Crippen LogP contribution in [0.3, 0.4) is 0 Å². The Morgan fingerprint density at radius 2 is 2.18 bits per heavy atom.